The molecule has 0 saturated carbocycles. The van der Waals surface area contributed by atoms with Gasteiger partial charge in [0.05, 0.1) is 29.1 Å². The molecule has 1 aromatic heterocycles. The number of rotatable bonds is 6. The van der Waals surface area contributed by atoms with Crippen LogP contribution in [0.15, 0.2) is 30.3 Å². The van der Waals surface area contributed by atoms with Crippen LogP contribution in [0.3, 0.4) is 0 Å². The molecule has 166 valence electrons. The molecule has 6 heteroatoms. The fourth-order valence-electron chi connectivity index (χ4n) is 4.81. The zero-order chi connectivity index (χ0) is 22.1. The maximum absolute atomic E-state index is 13.1. The van der Waals surface area contributed by atoms with Gasteiger partial charge in [-0.3, -0.25) is 9.48 Å². The lowest BCUT2D eigenvalue weighted by atomic mass is 9.68. The number of carbonyl (C=O) groups excluding carboxylic acids is 2. The largest absolute Gasteiger partial charge is 0.461 e. The van der Waals surface area contributed by atoms with E-state index in [9.17, 15) is 9.59 Å². The lowest BCUT2D eigenvalue weighted by Gasteiger charge is -2.40. The number of benzene rings is 1. The van der Waals surface area contributed by atoms with E-state index in [0.717, 1.165) is 55.8 Å². The molecule has 1 fully saturated rings. The van der Waals surface area contributed by atoms with Crippen LogP contribution >= 0.6 is 0 Å². The van der Waals surface area contributed by atoms with Crippen LogP contribution in [0.1, 0.15) is 72.1 Å². The third-order valence-corrected chi connectivity index (χ3v) is 6.56. The van der Waals surface area contributed by atoms with Gasteiger partial charge < -0.3 is 9.47 Å². The first kappa shape index (κ1) is 21.8. The molecular weight excluding hydrogens is 392 g/mol. The quantitative estimate of drug-likeness (QED) is 0.648. The molecule has 0 unspecified atom stereocenters. The highest BCUT2D eigenvalue weighted by molar-refractivity contribution is 6.00. The summed E-state index contributed by atoms with van der Waals surface area (Å²) in [5.74, 6) is -0.0960. The monoisotopic (exact) mass is 424 g/mol. The second kappa shape index (κ2) is 8.58. The maximum Gasteiger partial charge on any atom is 0.338 e. The third kappa shape index (κ3) is 4.59. The Hall–Kier alpha value is -2.47. The summed E-state index contributed by atoms with van der Waals surface area (Å²) in [7, 11) is 0. The second-order valence-corrected chi connectivity index (χ2v) is 9.78. The number of carbonyl (C=O) groups is 2. The fraction of sp³-hybridized carbons (Fsp3) is 0.560. The fourth-order valence-corrected chi connectivity index (χ4v) is 4.81. The van der Waals surface area contributed by atoms with Crippen LogP contribution in [-0.4, -0.2) is 41.4 Å². The van der Waals surface area contributed by atoms with Crippen molar-refractivity contribution in [3.05, 3.63) is 52.8 Å². The molecule has 0 amide bonds. The minimum absolute atomic E-state index is 0.00491. The molecule has 0 atom stereocenters. The van der Waals surface area contributed by atoms with Crippen molar-refractivity contribution in [1.29, 1.82) is 0 Å². The van der Waals surface area contributed by atoms with Gasteiger partial charge in [-0.25, -0.2) is 4.79 Å². The van der Waals surface area contributed by atoms with Crippen molar-refractivity contribution >= 4 is 11.8 Å². The zero-order valence-corrected chi connectivity index (χ0v) is 18.8. The summed E-state index contributed by atoms with van der Waals surface area (Å²) in [5, 5.41) is 4.83. The first-order valence-electron chi connectivity index (χ1n) is 11.2. The van der Waals surface area contributed by atoms with Gasteiger partial charge in [0.1, 0.15) is 0 Å². The number of ketones is 1. The average Bonchev–Trinajstić information content (AvgIpc) is 3.10. The molecule has 31 heavy (non-hydrogen) atoms. The van der Waals surface area contributed by atoms with Crippen LogP contribution in [0.4, 0.5) is 0 Å². The van der Waals surface area contributed by atoms with E-state index in [2.05, 4.69) is 13.8 Å². The number of Topliss-reactive ketones (excluding diaryl/α,β-unsaturated/α-hetero) is 1. The van der Waals surface area contributed by atoms with Gasteiger partial charge >= 0.3 is 5.97 Å². The van der Waals surface area contributed by atoms with E-state index in [1.165, 1.54) is 0 Å². The average molecular weight is 425 g/mol. The van der Waals surface area contributed by atoms with E-state index < -0.39 is 0 Å². The number of aryl methyl sites for hydroxylation is 1. The Morgan fingerprint density at radius 1 is 1.19 bits per heavy atom. The van der Waals surface area contributed by atoms with Gasteiger partial charge in [-0.2, -0.15) is 5.10 Å². The number of hydrogen-bond acceptors (Lipinski definition) is 5. The molecule has 0 radical (unpaired) electrons. The van der Waals surface area contributed by atoms with Gasteiger partial charge in [0, 0.05) is 31.6 Å². The zero-order valence-electron chi connectivity index (χ0n) is 18.8. The Morgan fingerprint density at radius 2 is 1.90 bits per heavy atom. The Bertz CT molecular complexity index is 955. The summed E-state index contributed by atoms with van der Waals surface area (Å²) in [4.78, 5) is 25.5. The van der Waals surface area contributed by atoms with Crippen LogP contribution in [0.25, 0.3) is 0 Å². The number of fused-ring (bicyclic) bond motifs is 1. The highest BCUT2D eigenvalue weighted by Crippen LogP contribution is 2.44. The van der Waals surface area contributed by atoms with Gasteiger partial charge in [-0.05, 0) is 43.2 Å². The molecule has 1 aromatic carbocycles. The van der Waals surface area contributed by atoms with Crippen LogP contribution in [-0.2, 0) is 28.9 Å². The van der Waals surface area contributed by atoms with Crippen molar-refractivity contribution < 1.29 is 19.1 Å². The van der Waals surface area contributed by atoms with Crippen LogP contribution in [0.2, 0.25) is 0 Å². The van der Waals surface area contributed by atoms with Crippen molar-refractivity contribution in [2.45, 2.75) is 59.4 Å². The number of ether oxygens (including phenoxy) is 2. The van der Waals surface area contributed by atoms with Gasteiger partial charge in [-0.15, -0.1) is 0 Å². The van der Waals surface area contributed by atoms with E-state index in [1.54, 1.807) is 12.1 Å². The third-order valence-electron chi connectivity index (χ3n) is 6.56. The van der Waals surface area contributed by atoms with Crippen molar-refractivity contribution in [1.82, 2.24) is 9.78 Å². The topological polar surface area (TPSA) is 70.4 Å². The van der Waals surface area contributed by atoms with Gasteiger partial charge in [-0.1, -0.05) is 39.0 Å². The smallest absolute Gasteiger partial charge is 0.338 e. The number of esters is 1. The van der Waals surface area contributed by atoms with Crippen LogP contribution in [0, 0.1) is 10.8 Å². The van der Waals surface area contributed by atoms with Crippen LogP contribution in [0.5, 0.6) is 0 Å². The normalized spacial score (nSPS) is 18.1. The molecule has 0 N–H and O–H groups in total. The van der Waals surface area contributed by atoms with Crippen molar-refractivity contribution in [3.8, 4) is 0 Å². The molecular formula is C25H32N2O4. The molecule has 2 aromatic rings. The SMILES string of the molecule is CCc1nn(CC(C)(C)COC(=O)c2ccccc2)c2c1C(=O)CC1(CCOCC1)C2. The van der Waals surface area contributed by atoms with Crippen molar-refractivity contribution in [3.63, 3.8) is 0 Å². The predicted octanol–water partition coefficient (Wildman–Crippen LogP) is 4.25. The highest BCUT2D eigenvalue weighted by Gasteiger charge is 2.43. The second-order valence-electron chi connectivity index (χ2n) is 9.78. The summed E-state index contributed by atoms with van der Waals surface area (Å²) < 4.78 is 13.2. The first-order valence-corrected chi connectivity index (χ1v) is 11.2. The van der Waals surface area contributed by atoms with Gasteiger partial charge in [0.25, 0.3) is 0 Å². The van der Waals surface area contributed by atoms with Crippen LogP contribution < -0.4 is 0 Å². The molecule has 4 rings (SSSR count). The molecule has 1 spiro atoms. The summed E-state index contributed by atoms with van der Waals surface area (Å²) in [6, 6.07) is 9.04. The summed E-state index contributed by atoms with van der Waals surface area (Å²) in [5.41, 5.74) is 3.00. The van der Waals surface area contributed by atoms with E-state index in [-0.39, 0.29) is 29.2 Å². The maximum atomic E-state index is 13.1. The van der Waals surface area contributed by atoms with Gasteiger partial charge in [0.2, 0.25) is 0 Å². The summed E-state index contributed by atoms with van der Waals surface area (Å²) in [6.07, 6.45) is 4.04. The summed E-state index contributed by atoms with van der Waals surface area (Å²) >= 11 is 0. The standard InChI is InChI=1S/C25H32N2O4/c1-4-19-22-20(14-25(15-21(22)28)10-12-30-13-11-25)27(26-19)16-24(2,3)17-31-23(29)18-8-6-5-7-9-18/h5-9H,4,10-17H2,1-3H3. The van der Waals surface area contributed by atoms with E-state index in [4.69, 9.17) is 14.6 Å². The Labute approximate surface area is 183 Å². The molecule has 1 aliphatic heterocycles. The number of nitrogens with zero attached hydrogens (tertiary/aromatic N) is 2. The lowest BCUT2D eigenvalue weighted by molar-refractivity contribution is 0.00770. The Morgan fingerprint density at radius 3 is 2.58 bits per heavy atom. The van der Waals surface area contributed by atoms with E-state index >= 15 is 0 Å². The molecule has 1 aliphatic carbocycles. The minimum atomic E-state index is -0.321. The molecule has 0 bridgehead atoms. The van der Waals surface area contributed by atoms with E-state index in [1.807, 2.05) is 29.8 Å². The Kier molecular flexibility index (Phi) is 6.02. The molecule has 2 heterocycles. The first-order chi connectivity index (χ1) is 14.8. The molecule has 1 saturated heterocycles. The minimum Gasteiger partial charge on any atom is -0.461 e. The highest BCUT2D eigenvalue weighted by atomic mass is 16.5. The van der Waals surface area contributed by atoms with E-state index in [0.29, 0.717) is 18.5 Å². The molecule has 2 aliphatic rings. The van der Waals surface area contributed by atoms with Gasteiger partial charge in [0.15, 0.2) is 5.78 Å². The molecule has 6 nitrogen and oxygen atoms in total. The number of hydrogen-bond donors (Lipinski definition) is 0. The number of aromatic nitrogens is 2. The van der Waals surface area contributed by atoms with Crippen molar-refractivity contribution in [2.75, 3.05) is 19.8 Å². The summed E-state index contributed by atoms with van der Waals surface area (Å²) in [6.45, 7) is 8.50. The predicted molar refractivity (Wildman–Crippen MR) is 117 cm³/mol. The van der Waals surface area contributed by atoms with Crippen molar-refractivity contribution in [2.24, 2.45) is 10.8 Å². The Balaban J connectivity index is 1.53. The lowest BCUT2D eigenvalue weighted by Crippen LogP contribution is -2.39.